The highest BCUT2D eigenvalue weighted by Crippen LogP contribution is 2.34. The number of rotatable bonds is 5. The standard InChI is InChI=1S/C14H18ClNO3/c1-9(18)11-8-16(4-3-5-17)13-7-12(15)14(19-2)6-10(11)13/h6-9,17-18H,3-5H2,1-2H3. The lowest BCUT2D eigenvalue weighted by Crippen LogP contribution is -1.98. The average Bonchev–Trinajstić information content (AvgIpc) is 2.73. The van der Waals surface area contributed by atoms with Crippen molar-refractivity contribution in [3.63, 3.8) is 0 Å². The Morgan fingerprint density at radius 2 is 2.16 bits per heavy atom. The van der Waals surface area contributed by atoms with E-state index in [4.69, 9.17) is 21.4 Å². The molecule has 2 N–H and O–H groups in total. The van der Waals surface area contributed by atoms with E-state index in [1.165, 1.54) is 0 Å². The fraction of sp³-hybridized carbons (Fsp3) is 0.429. The van der Waals surface area contributed by atoms with Crippen LogP contribution in [0.2, 0.25) is 5.02 Å². The van der Waals surface area contributed by atoms with Crippen LogP contribution in [0.5, 0.6) is 5.75 Å². The third-order valence-electron chi connectivity index (χ3n) is 3.19. The summed E-state index contributed by atoms with van der Waals surface area (Å²) in [7, 11) is 1.57. The summed E-state index contributed by atoms with van der Waals surface area (Å²) in [6.45, 7) is 2.54. The number of aromatic nitrogens is 1. The van der Waals surface area contributed by atoms with Crippen LogP contribution < -0.4 is 4.74 Å². The van der Waals surface area contributed by atoms with Gasteiger partial charge < -0.3 is 19.5 Å². The molecular formula is C14H18ClNO3. The van der Waals surface area contributed by atoms with Crippen molar-refractivity contribution in [2.75, 3.05) is 13.7 Å². The van der Waals surface area contributed by atoms with E-state index in [1.807, 2.05) is 22.9 Å². The second-order valence-electron chi connectivity index (χ2n) is 4.53. The molecular weight excluding hydrogens is 266 g/mol. The molecule has 0 aliphatic rings. The Bertz CT molecular complexity index is 578. The van der Waals surface area contributed by atoms with Crippen LogP contribution in [0.1, 0.15) is 25.0 Å². The number of fused-ring (bicyclic) bond motifs is 1. The van der Waals surface area contributed by atoms with E-state index in [-0.39, 0.29) is 6.61 Å². The molecule has 0 aliphatic heterocycles. The molecule has 2 aromatic rings. The number of nitrogens with zero attached hydrogens (tertiary/aromatic N) is 1. The highest BCUT2D eigenvalue weighted by Gasteiger charge is 2.15. The molecule has 0 radical (unpaired) electrons. The van der Waals surface area contributed by atoms with E-state index in [0.717, 1.165) is 16.5 Å². The molecule has 1 heterocycles. The number of hydrogen-bond acceptors (Lipinski definition) is 3. The Kier molecular flexibility index (Phi) is 4.34. The Balaban J connectivity index is 2.61. The van der Waals surface area contributed by atoms with Crippen LogP contribution in [0, 0.1) is 0 Å². The summed E-state index contributed by atoms with van der Waals surface area (Å²) in [6, 6.07) is 3.67. The first kappa shape index (κ1) is 14.2. The van der Waals surface area contributed by atoms with Crippen LogP contribution in [0.4, 0.5) is 0 Å². The van der Waals surface area contributed by atoms with Crippen molar-refractivity contribution in [2.24, 2.45) is 0 Å². The number of hydrogen-bond donors (Lipinski definition) is 2. The number of aryl methyl sites for hydroxylation is 1. The summed E-state index contributed by atoms with van der Waals surface area (Å²) in [5, 5.41) is 20.3. The highest BCUT2D eigenvalue weighted by atomic mass is 35.5. The molecule has 1 aromatic heterocycles. The predicted octanol–water partition coefficient (Wildman–Crippen LogP) is 2.74. The number of ether oxygens (including phenoxy) is 1. The van der Waals surface area contributed by atoms with Crippen LogP contribution in [-0.2, 0) is 6.54 Å². The minimum atomic E-state index is -0.566. The molecule has 0 spiro atoms. The molecule has 0 bridgehead atoms. The fourth-order valence-electron chi connectivity index (χ4n) is 2.23. The van der Waals surface area contributed by atoms with Gasteiger partial charge in [0.25, 0.3) is 0 Å². The lowest BCUT2D eigenvalue weighted by Gasteiger charge is -2.07. The maximum Gasteiger partial charge on any atom is 0.138 e. The second-order valence-corrected chi connectivity index (χ2v) is 4.94. The van der Waals surface area contributed by atoms with Crippen LogP contribution in [0.3, 0.4) is 0 Å². The van der Waals surface area contributed by atoms with Gasteiger partial charge in [-0.05, 0) is 25.5 Å². The molecule has 0 saturated heterocycles. The first-order valence-electron chi connectivity index (χ1n) is 6.23. The third kappa shape index (κ3) is 2.71. The van der Waals surface area contributed by atoms with Crippen LogP contribution >= 0.6 is 11.6 Å². The SMILES string of the molecule is COc1cc2c(C(C)O)cn(CCCO)c2cc1Cl. The molecule has 0 amide bonds. The van der Waals surface area contributed by atoms with Gasteiger partial charge >= 0.3 is 0 Å². The number of halogens is 1. The van der Waals surface area contributed by atoms with Crippen LogP contribution in [0.15, 0.2) is 18.3 Å². The normalized spacial score (nSPS) is 12.9. The summed E-state index contributed by atoms with van der Waals surface area (Å²) >= 11 is 6.15. The Hall–Kier alpha value is -1.23. The number of aliphatic hydroxyl groups excluding tert-OH is 2. The zero-order valence-corrected chi connectivity index (χ0v) is 11.8. The van der Waals surface area contributed by atoms with Gasteiger partial charge in [-0.15, -0.1) is 0 Å². The zero-order chi connectivity index (χ0) is 14.0. The van der Waals surface area contributed by atoms with Crippen molar-refractivity contribution in [2.45, 2.75) is 26.0 Å². The monoisotopic (exact) mass is 283 g/mol. The van der Waals surface area contributed by atoms with Gasteiger partial charge in [-0.25, -0.2) is 0 Å². The maximum atomic E-state index is 9.86. The van der Waals surface area contributed by atoms with Crippen molar-refractivity contribution >= 4 is 22.5 Å². The largest absolute Gasteiger partial charge is 0.495 e. The molecule has 1 aromatic carbocycles. The van der Waals surface area contributed by atoms with Gasteiger partial charge in [-0.1, -0.05) is 11.6 Å². The smallest absolute Gasteiger partial charge is 0.138 e. The van der Waals surface area contributed by atoms with E-state index in [1.54, 1.807) is 14.0 Å². The Morgan fingerprint density at radius 1 is 1.42 bits per heavy atom. The Labute approximate surface area is 117 Å². The van der Waals surface area contributed by atoms with Crippen molar-refractivity contribution in [1.29, 1.82) is 0 Å². The van der Waals surface area contributed by atoms with Gasteiger partial charge in [0, 0.05) is 30.3 Å². The van der Waals surface area contributed by atoms with Crippen LogP contribution in [-0.4, -0.2) is 28.5 Å². The first-order valence-corrected chi connectivity index (χ1v) is 6.61. The highest BCUT2D eigenvalue weighted by molar-refractivity contribution is 6.32. The van der Waals surface area contributed by atoms with E-state index < -0.39 is 6.10 Å². The van der Waals surface area contributed by atoms with Crippen LogP contribution in [0.25, 0.3) is 10.9 Å². The summed E-state index contributed by atoms with van der Waals surface area (Å²) in [4.78, 5) is 0. The summed E-state index contributed by atoms with van der Waals surface area (Å²) in [6.07, 6.45) is 2.00. The van der Waals surface area contributed by atoms with E-state index >= 15 is 0 Å². The number of benzene rings is 1. The average molecular weight is 284 g/mol. The van der Waals surface area contributed by atoms with Gasteiger partial charge in [-0.2, -0.15) is 0 Å². The molecule has 0 saturated carbocycles. The second kappa shape index (κ2) is 5.82. The van der Waals surface area contributed by atoms with Crippen molar-refractivity contribution in [1.82, 2.24) is 4.57 Å². The molecule has 2 rings (SSSR count). The molecule has 0 fully saturated rings. The fourth-order valence-corrected chi connectivity index (χ4v) is 2.47. The van der Waals surface area contributed by atoms with E-state index in [2.05, 4.69) is 0 Å². The van der Waals surface area contributed by atoms with Gasteiger partial charge in [0.1, 0.15) is 5.75 Å². The van der Waals surface area contributed by atoms with E-state index in [0.29, 0.717) is 23.7 Å². The van der Waals surface area contributed by atoms with Gasteiger partial charge in [0.2, 0.25) is 0 Å². The molecule has 19 heavy (non-hydrogen) atoms. The minimum absolute atomic E-state index is 0.133. The molecule has 0 aliphatic carbocycles. The molecule has 1 unspecified atom stereocenters. The van der Waals surface area contributed by atoms with Gasteiger partial charge in [0.15, 0.2) is 0 Å². The molecule has 4 nitrogen and oxygen atoms in total. The maximum absolute atomic E-state index is 9.86. The summed E-state index contributed by atoms with van der Waals surface area (Å²) in [5.74, 6) is 0.593. The third-order valence-corrected chi connectivity index (χ3v) is 3.49. The zero-order valence-electron chi connectivity index (χ0n) is 11.1. The molecule has 104 valence electrons. The number of methoxy groups -OCH3 is 1. The van der Waals surface area contributed by atoms with E-state index in [9.17, 15) is 5.11 Å². The quantitative estimate of drug-likeness (QED) is 0.887. The Morgan fingerprint density at radius 3 is 2.74 bits per heavy atom. The predicted molar refractivity (Wildman–Crippen MR) is 75.8 cm³/mol. The van der Waals surface area contributed by atoms with Crippen molar-refractivity contribution in [3.8, 4) is 5.75 Å². The topological polar surface area (TPSA) is 54.6 Å². The lowest BCUT2D eigenvalue weighted by atomic mass is 10.1. The minimum Gasteiger partial charge on any atom is -0.495 e. The molecule has 1 atom stereocenters. The van der Waals surface area contributed by atoms with Gasteiger partial charge in [-0.3, -0.25) is 0 Å². The summed E-state index contributed by atoms with van der Waals surface area (Å²) < 4.78 is 7.21. The van der Waals surface area contributed by atoms with Gasteiger partial charge in [0.05, 0.1) is 23.8 Å². The van der Waals surface area contributed by atoms with Crippen molar-refractivity contribution < 1.29 is 14.9 Å². The van der Waals surface area contributed by atoms with Crippen molar-refractivity contribution in [3.05, 3.63) is 28.9 Å². The molecule has 5 heteroatoms. The number of aliphatic hydroxyl groups is 2. The lowest BCUT2D eigenvalue weighted by molar-refractivity contribution is 0.200. The first-order chi connectivity index (χ1) is 9.08. The summed E-state index contributed by atoms with van der Waals surface area (Å²) in [5.41, 5.74) is 1.78.